The van der Waals surface area contributed by atoms with E-state index in [0.717, 1.165) is 5.56 Å². The Hall–Kier alpha value is -2.54. The molecule has 1 heterocycles. The van der Waals surface area contributed by atoms with Gasteiger partial charge in [-0.25, -0.2) is 4.98 Å². The molecule has 7 heteroatoms. The Morgan fingerprint density at radius 2 is 1.91 bits per heavy atom. The molecule has 22 heavy (non-hydrogen) atoms. The predicted octanol–water partition coefficient (Wildman–Crippen LogP) is 2.06. The second-order valence-electron chi connectivity index (χ2n) is 5.09. The third kappa shape index (κ3) is 3.20. The smallest absolute Gasteiger partial charge is 0.222 e. The number of methoxy groups -OCH3 is 1. The zero-order chi connectivity index (χ0) is 16.3. The van der Waals surface area contributed by atoms with Gasteiger partial charge in [-0.3, -0.25) is 0 Å². The van der Waals surface area contributed by atoms with Crippen molar-refractivity contribution in [2.45, 2.75) is 26.4 Å². The van der Waals surface area contributed by atoms with Crippen molar-refractivity contribution in [1.82, 2.24) is 9.97 Å². The van der Waals surface area contributed by atoms with Gasteiger partial charge in [-0.1, -0.05) is 13.8 Å². The highest BCUT2D eigenvalue weighted by atomic mass is 16.5. The number of hydrogen-bond acceptors (Lipinski definition) is 7. The van der Waals surface area contributed by atoms with Gasteiger partial charge in [0.05, 0.1) is 19.9 Å². The van der Waals surface area contributed by atoms with Gasteiger partial charge in [0.25, 0.3) is 0 Å². The lowest BCUT2D eigenvalue weighted by Gasteiger charge is -2.18. The number of ether oxygens (including phenoxy) is 2. The SMILES string of the molecule is COc1cc(C(C)C)c(Oc2cnc(N)nc2N)cc1CO. The summed E-state index contributed by atoms with van der Waals surface area (Å²) in [5.41, 5.74) is 12.8. The van der Waals surface area contributed by atoms with Gasteiger partial charge >= 0.3 is 0 Å². The third-order valence-electron chi connectivity index (χ3n) is 3.23. The monoisotopic (exact) mass is 304 g/mol. The van der Waals surface area contributed by atoms with Crippen LogP contribution in [-0.2, 0) is 6.61 Å². The van der Waals surface area contributed by atoms with E-state index in [1.165, 1.54) is 6.20 Å². The Kier molecular flexibility index (Phi) is 4.67. The molecule has 0 radical (unpaired) electrons. The van der Waals surface area contributed by atoms with E-state index < -0.39 is 0 Å². The maximum Gasteiger partial charge on any atom is 0.222 e. The molecular weight excluding hydrogens is 284 g/mol. The van der Waals surface area contributed by atoms with E-state index in [1.807, 2.05) is 19.9 Å². The van der Waals surface area contributed by atoms with Gasteiger partial charge in [0.2, 0.25) is 5.95 Å². The van der Waals surface area contributed by atoms with Gasteiger partial charge in [-0.2, -0.15) is 4.98 Å². The van der Waals surface area contributed by atoms with Crippen molar-refractivity contribution in [2.75, 3.05) is 18.6 Å². The summed E-state index contributed by atoms with van der Waals surface area (Å²) in [5, 5.41) is 9.46. The van der Waals surface area contributed by atoms with E-state index in [2.05, 4.69) is 9.97 Å². The molecule has 0 saturated heterocycles. The lowest BCUT2D eigenvalue weighted by molar-refractivity contribution is 0.273. The molecule has 118 valence electrons. The van der Waals surface area contributed by atoms with Crippen molar-refractivity contribution in [1.29, 1.82) is 0 Å². The van der Waals surface area contributed by atoms with Crippen molar-refractivity contribution in [2.24, 2.45) is 0 Å². The first-order valence-electron chi connectivity index (χ1n) is 6.83. The number of nitrogens with two attached hydrogens (primary N) is 2. The van der Waals surface area contributed by atoms with Crippen molar-refractivity contribution in [3.63, 3.8) is 0 Å². The fourth-order valence-corrected chi connectivity index (χ4v) is 2.07. The second kappa shape index (κ2) is 6.48. The standard InChI is InChI=1S/C15H20N4O3/c1-8(2)10-5-11(21-3)9(7-20)4-12(10)22-13-6-18-15(17)19-14(13)16/h4-6,8,20H,7H2,1-3H3,(H4,16,17,18,19). The zero-order valence-corrected chi connectivity index (χ0v) is 12.8. The predicted molar refractivity (Wildman–Crippen MR) is 83.9 cm³/mol. The first-order valence-corrected chi connectivity index (χ1v) is 6.83. The van der Waals surface area contributed by atoms with E-state index in [0.29, 0.717) is 22.8 Å². The number of nitrogens with zero attached hydrogens (tertiary/aromatic N) is 2. The Labute approximate surface area is 128 Å². The molecule has 0 aliphatic carbocycles. The average molecular weight is 304 g/mol. The second-order valence-corrected chi connectivity index (χ2v) is 5.09. The first-order chi connectivity index (χ1) is 10.5. The number of aliphatic hydroxyl groups is 1. The van der Waals surface area contributed by atoms with E-state index in [4.69, 9.17) is 20.9 Å². The van der Waals surface area contributed by atoms with Crippen LogP contribution in [-0.4, -0.2) is 22.2 Å². The summed E-state index contributed by atoms with van der Waals surface area (Å²) in [6, 6.07) is 3.57. The summed E-state index contributed by atoms with van der Waals surface area (Å²) in [6.07, 6.45) is 1.42. The molecule has 0 spiro atoms. The van der Waals surface area contributed by atoms with Gasteiger partial charge in [-0.15, -0.1) is 0 Å². The van der Waals surface area contributed by atoms with E-state index in [-0.39, 0.29) is 24.3 Å². The van der Waals surface area contributed by atoms with Gasteiger partial charge in [0.1, 0.15) is 11.5 Å². The van der Waals surface area contributed by atoms with Crippen LogP contribution in [0.4, 0.5) is 11.8 Å². The van der Waals surface area contributed by atoms with Gasteiger partial charge in [0, 0.05) is 11.1 Å². The number of rotatable bonds is 5. The molecule has 0 fully saturated rings. The summed E-state index contributed by atoms with van der Waals surface area (Å²) in [5.74, 6) is 1.92. The van der Waals surface area contributed by atoms with Gasteiger partial charge in [-0.05, 0) is 18.1 Å². The van der Waals surface area contributed by atoms with Crippen LogP contribution in [0.3, 0.4) is 0 Å². The van der Waals surface area contributed by atoms with E-state index >= 15 is 0 Å². The molecule has 0 atom stereocenters. The third-order valence-corrected chi connectivity index (χ3v) is 3.23. The quantitative estimate of drug-likeness (QED) is 0.774. The van der Waals surface area contributed by atoms with Crippen LogP contribution in [0.5, 0.6) is 17.2 Å². The molecule has 2 aromatic rings. The minimum Gasteiger partial charge on any atom is -0.496 e. The summed E-state index contributed by atoms with van der Waals surface area (Å²) in [4.78, 5) is 7.74. The molecular formula is C15H20N4O3. The van der Waals surface area contributed by atoms with Crippen LogP contribution < -0.4 is 20.9 Å². The number of aliphatic hydroxyl groups excluding tert-OH is 1. The number of anilines is 2. The van der Waals surface area contributed by atoms with Crippen LogP contribution in [0.2, 0.25) is 0 Å². The Bertz CT molecular complexity index is 674. The molecule has 0 aliphatic rings. The Morgan fingerprint density at radius 3 is 2.45 bits per heavy atom. The first kappa shape index (κ1) is 15.8. The molecule has 1 aromatic heterocycles. The molecule has 2 rings (SSSR count). The van der Waals surface area contributed by atoms with Crippen LogP contribution in [0.25, 0.3) is 0 Å². The summed E-state index contributed by atoms with van der Waals surface area (Å²) >= 11 is 0. The molecule has 0 bridgehead atoms. The van der Waals surface area contributed by atoms with E-state index in [1.54, 1.807) is 13.2 Å². The molecule has 0 saturated carbocycles. The highest BCUT2D eigenvalue weighted by molar-refractivity contribution is 5.53. The van der Waals surface area contributed by atoms with Crippen LogP contribution >= 0.6 is 0 Å². The highest BCUT2D eigenvalue weighted by Gasteiger charge is 2.16. The van der Waals surface area contributed by atoms with Crippen LogP contribution in [0.1, 0.15) is 30.9 Å². The fourth-order valence-electron chi connectivity index (χ4n) is 2.07. The largest absolute Gasteiger partial charge is 0.496 e. The zero-order valence-electron chi connectivity index (χ0n) is 12.8. The summed E-state index contributed by atoms with van der Waals surface area (Å²) in [7, 11) is 1.56. The molecule has 1 aromatic carbocycles. The van der Waals surface area contributed by atoms with Crippen LogP contribution in [0, 0.1) is 0 Å². The Balaban J connectivity index is 2.48. The van der Waals surface area contributed by atoms with Crippen molar-refractivity contribution in [3.05, 3.63) is 29.5 Å². The topological polar surface area (TPSA) is 117 Å². The lowest BCUT2D eigenvalue weighted by Crippen LogP contribution is -2.04. The highest BCUT2D eigenvalue weighted by Crippen LogP contribution is 2.37. The fraction of sp³-hybridized carbons (Fsp3) is 0.333. The van der Waals surface area contributed by atoms with Crippen molar-refractivity contribution < 1.29 is 14.6 Å². The molecule has 5 N–H and O–H groups in total. The number of nitrogen functional groups attached to an aromatic ring is 2. The summed E-state index contributed by atoms with van der Waals surface area (Å²) in [6.45, 7) is 3.90. The maximum absolute atomic E-state index is 9.46. The van der Waals surface area contributed by atoms with Gasteiger partial charge < -0.3 is 26.0 Å². The minimum atomic E-state index is -0.161. The van der Waals surface area contributed by atoms with E-state index in [9.17, 15) is 5.11 Å². The van der Waals surface area contributed by atoms with Crippen molar-refractivity contribution >= 4 is 11.8 Å². The van der Waals surface area contributed by atoms with Crippen LogP contribution in [0.15, 0.2) is 18.3 Å². The Morgan fingerprint density at radius 1 is 1.18 bits per heavy atom. The van der Waals surface area contributed by atoms with Crippen molar-refractivity contribution in [3.8, 4) is 17.2 Å². The van der Waals surface area contributed by atoms with Gasteiger partial charge in [0.15, 0.2) is 11.6 Å². The minimum absolute atomic E-state index is 0.0831. The molecule has 0 amide bonds. The number of hydrogen-bond donors (Lipinski definition) is 3. The molecule has 7 nitrogen and oxygen atoms in total. The lowest BCUT2D eigenvalue weighted by atomic mass is 9.99. The average Bonchev–Trinajstić information content (AvgIpc) is 2.49. The number of aromatic nitrogens is 2. The molecule has 0 unspecified atom stereocenters. The normalized spacial score (nSPS) is 10.8. The number of benzene rings is 1. The maximum atomic E-state index is 9.46. The summed E-state index contributed by atoms with van der Waals surface area (Å²) < 4.78 is 11.1. The molecule has 0 aliphatic heterocycles.